The van der Waals surface area contributed by atoms with E-state index < -0.39 is 0 Å². The highest BCUT2D eigenvalue weighted by atomic mass is 35.5. The number of halogens is 1. The molecule has 4 rings (SSSR count). The van der Waals surface area contributed by atoms with Gasteiger partial charge in [-0.25, -0.2) is 0 Å². The topological polar surface area (TPSA) is 34.5 Å². The molecule has 1 fully saturated rings. The molecule has 1 aromatic heterocycles. The first-order valence-electron chi connectivity index (χ1n) is 11.0. The molecule has 0 unspecified atom stereocenters. The normalized spacial score (nSPS) is 14.4. The maximum Gasteiger partial charge on any atom is 0.254 e. The fourth-order valence-electron chi connectivity index (χ4n) is 4.41. The van der Waals surface area contributed by atoms with Crippen molar-refractivity contribution in [3.8, 4) is 5.75 Å². The number of rotatable bonds is 7. The molecule has 0 radical (unpaired) electrons. The number of hydrogen-bond donors (Lipinski definition) is 0. The van der Waals surface area contributed by atoms with Gasteiger partial charge in [0.1, 0.15) is 5.75 Å². The van der Waals surface area contributed by atoms with Crippen molar-refractivity contribution in [1.29, 1.82) is 0 Å². The van der Waals surface area contributed by atoms with Gasteiger partial charge in [-0.2, -0.15) is 0 Å². The van der Waals surface area contributed by atoms with Crippen LogP contribution in [0.1, 0.15) is 53.7 Å². The number of aromatic nitrogens is 1. The van der Waals surface area contributed by atoms with Crippen LogP contribution in [-0.2, 0) is 13.1 Å². The molecule has 0 atom stereocenters. The van der Waals surface area contributed by atoms with Crippen molar-refractivity contribution < 1.29 is 9.53 Å². The van der Waals surface area contributed by atoms with Crippen molar-refractivity contribution >= 4 is 17.5 Å². The van der Waals surface area contributed by atoms with Gasteiger partial charge in [0, 0.05) is 35.1 Å². The standard InChI is InChI=1S/C26H29ClN2O2/c1-31-25-14-12-21(13-15-25)26(30)29(23-9-3-2-4-10-23)19-24-11-6-16-28(24)18-20-7-5-8-22(27)17-20/h5-8,11-17,23H,2-4,9-10,18-19H2,1H3. The van der Waals surface area contributed by atoms with Crippen molar-refractivity contribution in [2.45, 2.75) is 51.2 Å². The van der Waals surface area contributed by atoms with Gasteiger partial charge in [0.05, 0.1) is 13.7 Å². The Hall–Kier alpha value is -2.72. The number of benzene rings is 2. The molecule has 0 bridgehead atoms. The second-order valence-electron chi connectivity index (χ2n) is 8.21. The van der Waals surface area contributed by atoms with Gasteiger partial charge in [0.2, 0.25) is 0 Å². The molecular weight excluding hydrogens is 408 g/mol. The molecule has 0 spiro atoms. The van der Waals surface area contributed by atoms with E-state index in [-0.39, 0.29) is 11.9 Å². The molecular formula is C26H29ClN2O2. The van der Waals surface area contributed by atoms with Gasteiger partial charge >= 0.3 is 0 Å². The van der Waals surface area contributed by atoms with E-state index in [1.807, 2.05) is 42.5 Å². The van der Waals surface area contributed by atoms with E-state index in [1.165, 1.54) is 19.3 Å². The van der Waals surface area contributed by atoms with E-state index in [0.29, 0.717) is 12.1 Å². The van der Waals surface area contributed by atoms with Gasteiger partial charge in [-0.15, -0.1) is 0 Å². The summed E-state index contributed by atoms with van der Waals surface area (Å²) in [6, 6.07) is 19.8. The molecule has 4 nitrogen and oxygen atoms in total. The van der Waals surface area contributed by atoms with Crippen molar-refractivity contribution in [1.82, 2.24) is 9.47 Å². The number of ether oxygens (including phenoxy) is 1. The summed E-state index contributed by atoms with van der Waals surface area (Å²) in [4.78, 5) is 15.6. The monoisotopic (exact) mass is 436 g/mol. The van der Waals surface area contributed by atoms with Crippen LogP contribution in [0.25, 0.3) is 0 Å². The number of hydrogen-bond acceptors (Lipinski definition) is 2. The summed E-state index contributed by atoms with van der Waals surface area (Å²) in [5.74, 6) is 0.848. The van der Waals surface area contributed by atoms with Crippen molar-refractivity contribution in [3.05, 3.63) is 88.7 Å². The first kappa shape index (κ1) is 21.5. The number of nitrogens with zero attached hydrogens (tertiary/aromatic N) is 2. The lowest BCUT2D eigenvalue weighted by Gasteiger charge is -2.35. The summed E-state index contributed by atoms with van der Waals surface area (Å²) in [6.07, 6.45) is 7.83. The second kappa shape index (κ2) is 10.1. The number of methoxy groups -OCH3 is 1. The predicted octanol–water partition coefficient (Wildman–Crippen LogP) is 6.17. The Morgan fingerprint density at radius 1 is 1.06 bits per heavy atom. The lowest BCUT2D eigenvalue weighted by molar-refractivity contribution is 0.0608. The smallest absolute Gasteiger partial charge is 0.254 e. The molecule has 2 aromatic carbocycles. The molecule has 0 N–H and O–H groups in total. The number of carbonyl (C=O) groups excluding carboxylic acids is 1. The van der Waals surface area contributed by atoms with E-state index in [9.17, 15) is 4.79 Å². The summed E-state index contributed by atoms with van der Waals surface area (Å²) in [5.41, 5.74) is 2.99. The third kappa shape index (κ3) is 5.31. The molecule has 31 heavy (non-hydrogen) atoms. The average molecular weight is 437 g/mol. The Morgan fingerprint density at radius 2 is 1.84 bits per heavy atom. The van der Waals surface area contributed by atoms with Crippen LogP contribution in [-0.4, -0.2) is 28.5 Å². The molecule has 1 heterocycles. The number of carbonyl (C=O) groups is 1. The summed E-state index contributed by atoms with van der Waals surface area (Å²) < 4.78 is 7.47. The zero-order valence-electron chi connectivity index (χ0n) is 18.0. The second-order valence-corrected chi connectivity index (χ2v) is 8.65. The van der Waals surface area contributed by atoms with Crippen LogP contribution in [0.3, 0.4) is 0 Å². The number of amides is 1. The molecule has 1 amide bonds. The van der Waals surface area contributed by atoms with Crippen LogP contribution in [0.15, 0.2) is 66.9 Å². The van der Waals surface area contributed by atoms with Gasteiger partial charge in [-0.1, -0.05) is 43.0 Å². The minimum Gasteiger partial charge on any atom is -0.497 e. The van der Waals surface area contributed by atoms with E-state index >= 15 is 0 Å². The molecule has 5 heteroatoms. The van der Waals surface area contributed by atoms with Crippen molar-refractivity contribution in [3.63, 3.8) is 0 Å². The summed E-state index contributed by atoms with van der Waals surface area (Å²) in [6.45, 7) is 1.33. The van der Waals surface area contributed by atoms with Crippen molar-refractivity contribution in [2.24, 2.45) is 0 Å². The van der Waals surface area contributed by atoms with Crippen LogP contribution in [0.2, 0.25) is 5.02 Å². The maximum absolute atomic E-state index is 13.5. The van der Waals surface area contributed by atoms with Crippen LogP contribution in [0.5, 0.6) is 5.75 Å². The highest BCUT2D eigenvalue weighted by Gasteiger charge is 2.27. The molecule has 1 saturated carbocycles. The lowest BCUT2D eigenvalue weighted by Crippen LogP contribution is -2.41. The van der Waals surface area contributed by atoms with Gasteiger partial charge in [-0.3, -0.25) is 4.79 Å². The van der Waals surface area contributed by atoms with E-state index in [4.69, 9.17) is 16.3 Å². The summed E-state index contributed by atoms with van der Waals surface area (Å²) in [7, 11) is 1.64. The fraction of sp³-hybridized carbons (Fsp3) is 0.346. The first-order valence-corrected chi connectivity index (χ1v) is 11.4. The largest absolute Gasteiger partial charge is 0.497 e. The third-order valence-electron chi connectivity index (χ3n) is 6.11. The minimum absolute atomic E-state index is 0.0880. The summed E-state index contributed by atoms with van der Waals surface area (Å²) in [5, 5.41) is 0.740. The maximum atomic E-state index is 13.5. The third-order valence-corrected chi connectivity index (χ3v) is 6.35. The van der Waals surface area contributed by atoms with Crippen LogP contribution < -0.4 is 4.74 Å². The van der Waals surface area contributed by atoms with Crippen molar-refractivity contribution in [2.75, 3.05) is 7.11 Å². The highest BCUT2D eigenvalue weighted by Crippen LogP contribution is 2.27. The van der Waals surface area contributed by atoms with E-state index in [0.717, 1.165) is 41.4 Å². The Balaban J connectivity index is 1.58. The Kier molecular flexibility index (Phi) is 6.98. The summed E-state index contributed by atoms with van der Waals surface area (Å²) >= 11 is 6.17. The minimum atomic E-state index is 0.0880. The van der Waals surface area contributed by atoms with Crippen LogP contribution in [0, 0.1) is 0 Å². The van der Waals surface area contributed by atoms with E-state index in [2.05, 4.69) is 33.9 Å². The first-order chi connectivity index (χ1) is 15.1. The Bertz CT molecular complexity index is 1010. The van der Waals surface area contributed by atoms with Crippen LogP contribution >= 0.6 is 11.6 Å². The van der Waals surface area contributed by atoms with Gasteiger partial charge in [0.15, 0.2) is 0 Å². The Labute approximate surface area is 189 Å². The van der Waals surface area contributed by atoms with Gasteiger partial charge in [-0.05, 0) is 66.9 Å². The molecule has 0 saturated heterocycles. The molecule has 1 aliphatic carbocycles. The van der Waals surface area contributed by atoms with Gasteiger partial charge < -0.3 is 14.2 Å². The highest BCUT2D eigenvalue weighted by molar-refractivity contribution is 6.30. The van der Waals surface area contributed by atoms with Gasteiger partial charge in [0.25, 0.3) is 5.91 Å². The lowest BCUT2D eigenvalue weighted by atomic mass is 9.93. The molecule has 1 aliphatic rings. The molecule has 162 valence electrons. The average Bonchev–Trinajstić information content (AvgIpc) is 3.24. The van der Waals surface area contributed by atoms with Crippen LogP contribution in [0.4, 0.5) is 0 Å². The quantitative estimate of drug-likeness (QED) is 0.443. The Morgan fingerprint density at radius 3 is 2.55 bits per heavy atom. The molecule has 0 aliphatic heterocycles. The molecule has 3 aromatic rings. The SMILES string of the molecule is COc1ccc(C(=O)N(Cc2cccn2Cc2cccc(Cl)c2)C2CCCCC2)cc1. The van der Waals surface area contributed by atoms with E-state index in [1.54, 1.807) is 7.11 Å². The predicted molar refractivity (Wildman–Crippen MR) is 125 cm³/mol. The fourth-order valence-corrected chi connectivity index (χ4v) is 4.63. The zero-order valence-corrected chi connectivity index (χ0v) is 18.7. The zero-order chi connectivity index (χ0) is 21.6.